The molecule has 3 rings (SSSR count). The molecule has 1 aromatic heterocycles. The number of nitrogens with zero attached hydrogens (tertiary/aromatic N) is 3. The number of rotatable bonds is 8. The maximum Gasteiger partial charge on any atom is 0.271 e. The van der Waals surface area contributed by atoms with Crippen molar-refractivity contribution in [1.29, 1.82) is 0 Å². The van der Waals surface area contributed by atoms with E-state index in [1.807, 2.05) is 51.1 Å². The average Bonchev–Trinajstić information content (AvgIpc) is 2.80. The van der Waals surface area contributed by atoms with Crippen molar-refractivity contribution in [1.82, 2.24) is 15.4 Å². The fourth-order valence-electron chi connectivity index (χ4n) is 2.98. The van der Waals surface area contributed by atoms with Crippen molar-refractivity contribution >= 4 is 23.4 Å². The summed E-state index contributed by atoms with van der Waals surface area (Å²) >= 11 is 1.57. The van der Waals surface area contributed by atoms with Gasteiger partial charge in [0.15, 0.2) is 16.7 Å². The van der Waals surface area contributed by atoms with Crippen molar-refractivity contribution in [3.05, 3.63) is 76.6 Å². The average molecular weight is 451 g/mol. The molecule has 3 aromatic rings. The Hall–Kier alpha value is -3.39. The van der Waals surface area contributed by atoms with Gasteiger partial charge in [0.2, 0.25) is 0 Å². The van der Waals surface area contributed by atoms with E-state index in [1.165, 1.54) is 0 Å². The molecule has 7 nitrogen and oxygen atoms in total. The second-order valence-corrected chi connectivity index (χ2v) is 8.07. The van der Waals surface area contributed by atoms with Crippen LogP contribution in [0.5, 0.6) is 11.5 Å². The lowest BCUT2D eigenvalue weighted by molar-refractivity contribution is 0.0955. The number of hydrazone groups is 1. The Balaban J connectivity index is 1.60. The first-order chi connectivity index (χ1) is 15.4. The van der Waals surface area contributed by atoms with Crippen LogP contribution >= 0.6 is 11.8 Å². The first kappa shape index (κ1) is 23.3. The van der Waals surface area contributed by atoms with Gasteiger partial charge in [-0.15, -0.1) is 0 Å². The van der Waals surface area contributed by atoms with Crippen LogP contribution in [0.15, 0.2) is 58.8 Å². The number of thioether (sulfide) groups is 1. The van der Waals surface area contributed by atoms with Crippen LogP contribution in [0, 0.1) is 13.8 Å². The summed E-state index contributed by atoms with van der Waals surface area (Å²) in [6.45, 7) is 5.74. The summed E-state index contributed by atoms with van der Waals surface area (Å²) in [6, 6.07) is 14.9. The minimum absolute atomic E-state index is 0.276. The number of carbonyl (C=O) groups is 1. The Morgan fingerprint density at radius 2 is 1.56 bits per heavy atom. The van der Waals surface area contributed by atoms with Gasteiger partial charge >= 0.3 is 0 Å². The van der Waals surface area contributed by atoms with E-state index in [2.05, 4.69) is 20.5 Å². The Kier molecular flexibility index (Phi) is 7.83. The van der Waals surface area contributed by atoms with Gasteiger partial charge in [0.1, 0.15) is 0 Å². The van der Waals surface area contributed by atoms with E-state index in [9.17, 15) is 4.79 Å². The maximum absolute atomic E-state index is 12.5. The van der Waals surface area contributed by atoms with Crippen LogP contribution in [0.3, 0.4) is 0 Å². The molecular weight excluding hydrogens is 424 g/mol. The number of nitrogens with one attached hydrogen (secondary N) is 1. The molecule has 0 saturated carbocycles. The summed E-state index contributed by atoms with van der Waals surface area (Å²) in [6.07, 6.45) is 0. The number of methoxy groups -OCH3 is 2. The molecule has 0 aliphatic rings. The molecule has 1 N–H and O–H groups in total. The summed E-state index contributed by atoms with van der Waals surface area (Å²) in [7, 11) is 3.16. The third kappa shape index (κ3) is 6.07. The Bertz CT molecular complexity index is 1110. The van der Waals surface area contributed by atoms with Crippen LogP contribution < -0.4 is 14.9 Å². The van der Waals surface area contributed by atoms with Crippen LogP contribution in [-0.2, 0) is 5.75 Å². The Labute approximate surface area is 192 Å². The molecule has 32 heavy (non-hydrogen) atoms. The van der Waals surface area contributed by atoms with Crippen molar-refractivity contribution < 1.29 is 14.3 Å². The van der Waals surface area contributed by atoms with Crippen molar-refractivity contribution in [2.24, 2.45) is 5.10 Å². The molecule has 0 spiro atoms. The number of aryl methyl sites for hydroxylation is 2. The van der Waals surface area contributed by atoms with E-state index in [4.69, 9.17) is 9.47 Å². The maximum atomic E-state index is 12.5. The van der Waals surface area contributed by atoms with Crippen LogP contribution in [0.25, 0.3) is 0 Å². The highest BCUT2D eigenvalue weighted by Gasteiger charge is 2.09. The standard InChI is InChI=1S/C24H26N4O3S/c1-15-12-16(2)26-24(25-15)32-14-18-6-8-19(9-7-18)23(29)28-27-17(3)20-10-11-21(30-4)22(13-20)31-5/h6-13H,14H2,1-5H3,(H,28,29)/b27-17+. The van der Waals surface area contributed by atoms with E-state index >= 15 is 0 Å². The highest BCUT2D eigenvalue weighted by atomic mass is 32.2. The zero-order valence-electron chi connectivity index (χ0n) is 18.8. The van der Waals surface area contributed by atoms with E-state index in [0.29, 0.717) is 22.8 Å². The third-order valence-electron chi connectivity index (χ3n) is 4.67. The van der Waals surface area contributed by atoms with Gasteiger partial charge in [0.25, 0.3) is 5.91 Å². The minimum atomic E-state index is -0.276. The molecule has 0 unspecified atom stereocenters. The lowest BCUT2D eigenvalue weighted by atomic mass is 10.1. The van der Waals surface area contributed by atoms with Gasteiger partial charge in [0.05, 0.1) is 19.9 Å². The predicted molar refractivity (Wildman–Crippen MR) is 127 cm³/mol. The molecule has 0 atom stereocenters. The largest absolute Gasteiger partial charge is 0.493 e. The molecule has 0 fully saturated rings. The minimum Gasteiger partial charge on any atom is -0.493 e. The summed E-state index contributed by atoms with van der Waals surface area (Å²) in [5.41, 5.74) is 7.61. The zero-order valence-corrected chi connectivity index (χ0v) is 19.6. The smallest absolute Gasteiger partial charge is 0.271 e. The summed E-state index contributed by atoms with van der Waals surface area (Å²) in [5.74, 6) is 1.68. The fourth-order valence-corrected chi connectivity index (χ4v) is 3.89. The SMILES string of the molecule is COc1ccc(/C(C)=N/NC(=O)c2ccc(CSc3nc(C)cc(C)n3)cc2)cc1OC. The molecule has 166 valence electrons. The van der Waals surface area contributed by atoms with Gasteiger partial charge in [-0.3, -0.25) is 4.79 Å². The summed E-state index contributed by atoms with van der Waals surface area (Å²) in [5, 5.41) is 4.97. The second-order valence-electron chi connectivity index (χ2n) is 7.13. The van der Waals surface area contributed by atoms with Gasteiger partial charge in [-0.05, 0) is 62.7 Å². The van der Waals surface area contributed by atoms with Crippen molar-refractivity contribution in [3.63, 3.8) is 0 Å². The third-order valence-corrected chi connectivity index (χ3v) is 5.59. The number of hydrogen-bond acceptors (Lipinski definition) is 7. The van der Waals surface area contributed by atoms with Gasteiger partial charge in [-0.2, -0.15) is 5.10 Å². The number of ether oxygens (including phenoxy) is 2. The number of aromatic nitrogens is 2. The van der Waals surface area contributed by atoms with Gasteiger partial charge in [-0.1, -0.05) is 23.9 Å². The van der Waals surface area contributed by atoms with E-state index in [1.54, 1.807) is 44.2 Å². The number of amides is 1. The van der Waals surface area contributed by atoms with Crippen molar-refractivity contribution in [3.8, 4) is 11.5 Å². The zero-order chi connectivity index (χ0) is 23.1. The molecule has 0 aliphatic heterocycles. The van der Waals surface area contributed by atoms with Crippen LogP contribution in [0.4, 0.5) is 0 Å². The molecule has 8 heteroatoms. The number of hydrogen-bond donors (Lipinski definition) is 1. The molecule has 1 heterocycles. The molecule has 1 amide bonds. The fraction of sp³-hybridized carbons (Fsp3) is 0.250. The quantitative estimate of drug-likeness (QED) is 0.234. The highest BCUT2D eigenvalue weighted by Crippen LogP contribution is 2.27. The topological polar surface area (TPSA) is 85.7 Å². The molecular formula is C24H26N4O3S. The lowest BCUT2D eigenvalue weighted by Gasteiger charge is -2.09. The summed E-state index contributed by atoms with van der Waals surface area (Å²) < 4.78 is 10.6. The normalized spacial score (nSPS) is 11.2. The Morgan fingerprint density at radius 1 is 0.938 bits per heavy atom. The second kappa shape index (κ2) is 10.8. The van der Waals surface area contributed by atoms with Crippen molar-refractivity contribution in [2.75, 3.05) is 14.2 Å². The summed E-state index contributed by atoms with van der Waals surface area (Å²) in [4.78, 5) is 21.4. The first-order valence-electron chi connectivity index (χ1n) is 10.0. The molecule has 0 aliphatic carbocycles. The molecule has 0 radical (unpaired) electrons. The van der Waals surface area contributed by atoms with Crippen LogP contribution in [0.1, 0.15) is 39.8 Å². The Morgan fingerprint density at radius 3 is 2.19 bits per heavy atom. The van der Waals surface area contributed by atoms with Crippen LogP contribution in [-0.4, -0.2) is 35.8 Å². The van der Waals surface area contributed by atoms with Crippen molar-refractivity contribution in [2.45, 2.75) is 31.7 Å². The van der Waals surface area contributed by atoms with Gasteiger partial charge in [-0.25, -0.2) is 15.4 Å². The van der Waals surface area contributed by atoms with E-state index in [-0.39, 0.29) is 5.91 Å². The monoisotopic (exact) mass is 450 g/mol. The molecule has 0 bridgehead atoms. The molecule has 2 aromatic carbocycles. The predicted octanol–water partition coefficient (Wildman–Crippen LogP) is 4.56. The molecule has 0 saturated heterocycles. The highest BCUT2D eigenvalue weighted by molar-refractivity contribution is 7.98. The number of carbonyl (C=O) groups excluding carboxylic acids is 1. The first-order valence-corrected chi connectivity index (χ1v) is 11.0. The van der Waals surface area contributed by atoms with Gasteiger partial charge in [0, 0.05) is 28.3 Å². The van der Waals surface area contributed by atoms with E-state index < -0.39 is 0 Å². The van der Waals surface area contributed by atoms with E-state index in [0.717, 1.165) is 33.4 Å². The van der Waals surface area contributed by atoms with Gasteiger partial charge < -0.3 is 9.47 Å². The number of benzene rings is 2. The van der Waals surface area contributed by atoms with Crippen LogP contribution in [0.2, 0.25) is 0 Å². The lowest BCUT2D eigenvalue weighted by Crippen LogP contribution is -2.19.